The monoisotopic (exact) mass is 327 g/mol. The third-order valence-corrected chi connectivity index (χ3v) is 4.38. The summed E-state index contributed by atoms with van der Waals surface area (Å²) in [4.78, 5) is 0.0705. The van der Waals surface area contributed by atoms with Crippen LogP contribution in [0.3, 0.4) is 0 Å². The second kappa shape index (κ2) is 4.84. The van der Waals surface area contributed by atoms with Crippen molar-refractivity contribution in [3.8, 4) is 11.5 Å². The van der Waals surface area contributed by atoms with Crippen LogP contribution in [0.15, 0.2) is 47.4 Å². The van der Waals surface area contributed by atoms with Gasteiger partial charge in [0.1, 0.15) is 0 Å². The molecule has 1 heterocycles. The van der Waals surface area contributed by atoms with Gasteiger partial charge in [-0.15, -0.1) is 8.78 Å². The molecule has 1 N–H and O–H groups in total. The quantitative estimate of drug-likeness (QED) is 0.941. The van der Waals surface area contributed by atoms with Crippen LogP contribution in [0.4, 0.5) is 14.5 Å². The zero-order valence-electron chi connectivity index (χ0n) is 11.3. The van der Waals surface area contributed by atoms with Crippen molar-refractivity contribution in [3.05, 3.63) is 48.0 Å². The molecule has 0 aromatic heterocycles. The van der Waals surface area contributed by atoms with E-state index in [0.29, 0.717) is 0 Å². The van der Waals surface area contributed by atoms with E-state index in [0.717, 1.165) is 11.6 Å². The first-order valence-corrected chi connectivity index (χ1v) is 7.73. The third-order valence-electron chi connectivity index (χ3n) is 2.98. The highest BCUT2D eigenvalue weighted by atomic mass is 32.2. The lowest BCUT2D eigenvalue weighted by Crippen LogP contribution is -2.25. The van der Waals surface area contributed by atoms with Crippen LogP contribution in [0.1, 0.15) is 5.56 Å². The van der Waals surface area contributed by atoms with Crippen LogP contribution >= 0.6 is 0 Å². The molecule has 1 aliphatic rings. The molecule has 0 saturated heterocycles. The average Bonchev–Trinajstić information content (AvgIpc) is 2.72. The number of hydrogen-bond donors (Lipinski definition) is 1. The Labute approximate surface area is 125 Å². The van der Waals surface area contributed by atoms with Gasteiger partial charge in [-0.1, -0.05) is 17.7 Å². The Balaban J connectivity index is 1.86. The summed E-state index contributed by atoms with van der Waals surface area (Å²) in [6.07, 6.45) is -3.74. The van der Waals surface area contributed by atoms with Gasteiger partial charge in [-0.3, -0.25) is 4.72 Å². The first-order valence-electron chi connectivity index (χ1n) is 6.25. The van der Waals surface area contributed by atoms with E-state index in [1.165, 1.54) is 24.3 Å². The van der Waals surface area contributed by atoms with Crippen molar-refractivity contribution in [2.24, 2.45) is 0 Å². The largest absolute Gasteiger partial charge is 0.586 e. The van der Waals surface area contributed by atoms with Gasteiger partial charge in [-0.25, -0.2) is 8.42 Å². The van der Waals surface area contributed by atoms with Crippen LogP contribution in [0.2, 0.25) is 0 Å². The molecule has 0 fully saturated rings. The van der Waals surface area contributed by atoms with Crippen LogP contribution in [-0.2, 0) is 10.0 Å². The molecule has 8 heteroatoms. The molecule has 0 saturated carbocycles. The van der Waals surface area contributed by atoms with E-state index in [2.05, 4.69) is 14.2 Å². The number of fused-ring (bicyclic) bond motifs is 1. The maximum atomic E-state index is 12.9. The van der Waals surface area contributed by atoms with Gasteiger partial charge >= 0.3 is 6.29 Å². The molecule has 0 radical (unpaired) electrons. The van der Waals surface area contributed by atoms with E-state index in [4.69, 9.17) is 0 Å². The molecule has 0 bridgehead atoms. The zero-order chi connectivity index (χ0) is 16.0. The van der Waals surface area contributed by atoms with E-state index < -0.39 is 16.3 Å². The highest BCUT2D eigenvalue weighted by Gasteiger charge is 2.43. The second-order valence-electron chi connectivity index (χ2n) is 4.75. The van der Waals surface area contributed by atoms with Gasteiger partial charge in [0.15, 0.2) is 11.5 Å². The summed E-state index contributed by atoms with van der Waals surface area (Å²) in [6, 6.07) is 9.90. The second-order valence-corrected chi connectivity index (χ2v) is 6.43. The SMILES string of the molecule is Cc1ccc(S(=O)(=O)Nc2ccc3c(c2)OC(F)(F)O3)cc1. The molecule has 3 rings (SSSR count). The van der Waals surface area contributed by atoms with Crippen molar-refractivity contribution in [2.75, 3.05) is 4.72 Å². The Kier molecular flexibility index (Phi) is 3.21. The number of alkyl halides is 2. The normalized spacial score (nSPS) is 15.6. The standard InChI is InChI=1S/C14H11F2NO4S/c1-9-2-5-11(6-3-9)22(18,19)17-10-4-7-12-13(8-10)21-14(15,16)20-12/h2-8,17H,1H3. The summed E-state index contributed by atoms with van der Waals surface area (Å²) >= 11 is 0. The number of aryl methyl sites for hydroxylation is 1. The Hall–Kier alpha value is -2.35. The molecule has 0 atom stereocenters. The number of sulfonamides is 1. The molecule has 22 heavy (non-hydrogen) atoms. The number of benzene rings is 2. The number of nitrogens with one attached hydrogen (secondary N) is 1. The number of anilines is 1. The van der Waals surface area contributed by atoms with E-state index >= 15 is 0 Å². The van der Waals surface area contributed by atoms with Crippen LogP contribution in [-0.4, -0.2) is 14.7 Å². The number of halogens is 2. The minimum absolute atomic E-state index is 0.0705. The summed E-state index contributed by atoms with van der Waals surface area (Å²) < 4.78 is 61.1. The lowest BCUT2D eigenvalue weighted by Gasteiger charge is -2.08. The summed E-state index contributed by atoms with van der Waals surface area (Å²) in [5.74, 6) is -0.377. The number of ether oxygens (including phenoxy) is 2. The van der Waals surface area contributed by atoms with Crippen LogP contribution in [0, 0.1) is 6.92 Å². The summed E-state index contributed by atoms with van der Waals surface area (Å²) in [5, 5.41) is 0. The van der Waals surface area contributed by atoms with Crippen molar-refractivity contribution < 1.29 is 26.7 Å². The smallest absolute Gasteiger partial charge is 0.395 e. The predicted molar refractivity (Wildman–Crippen MR) is 74.6 cm³/mol. The number of hydrogen-bond acceptors (Lipinski definition) is 4. The molecule has 0 aliphatic carbocycles. The molecule has 5 nitrogen and oxygen atoms in total. The Morgan fingerprint density at radius 3 is 2.32 bits per heavy atom. The minimum Gasteiger partial charge on any atom is -0.395 e. The topological polar surface area (TPSA) is 64.6 Å². The molecule has 0 unspecified atom stereocenters. The number of rotatable bonds is 3. The summed E-state index contributed by atoms with van der Waals surface area (Å²) in [5.41, 5.74) is 1.02. The van der Waals surface area contributed by atoms with E-state index in [1.54, 1.807) is 12.1 Å². The van der Waals surface area contributed by atoms with E-state index in [9.17, 15) is 17.2 Å². The lowest BCUT2D eigenvalue weighted by atomic mass is 10.2. The molecule has 2 aromatic carbocycles. The van der Waals surface area contributed by atoms with Crippen LogP contribution in [0.5, 0.6) is 11.5 Å². The minimum atomic E-state index is -3.81. The fourth-order valence-electron chi connectivity index (χ4n) is 1.94. The highest BCUT2D eigenvalue weighted by Crippen LogP contribution is 2.42. The van der Waals surface area contributed by atoms with E-state index in [1.807, 2.05) is 6.92 Å². The van der Waals surface area contributed by atoms with Gasteiger partial charge in [-0.05, 0) is 31.2 Å². The maximum absolute atomic E-state index is 12.9. The Morgan fingerprint density at radius 2 is 1.64 bits per heavy atom. The molecule has 0 spiro atoms. The summed E-state index contributed by atoms with van der Waals surface area (Å²) in [7, 11) is -3.81. The first-order chi connectivity index (χ1) is 10.3. The Bertz CT molecular complexity index is 819. The van der Waals surface area contributed by atoms with Crippen LogP contribution < -0.4 is 14.2 Å². The van der Waals surface area contributed by atoms with Crippen LogP contribution in [0.25, 0.3) is 0 Å². The van der Waals surface area contributed by atoms with Gasteiger partial charge < -0.3 is 9.47 Å². The van der Waals surface area contributed by atoms with Crippen molar-refractivity contribution in [2.45, 2.75) is 18.1 Å². The van der Waals surface area contributed by atoms with Gasteiger partial charge in [0.25, 0.3) is 10.0 Å². The predicted octanol–water partition coefficient (Wildman–Crippen LogP) is 3.12. The maximum Gasteiger partial charge on any atom is 0.586 e. The van der Waals surface area contributed by atoms with Gasteiger partial charge in [0, 0.05) is 6.07 Å². The average molecular weight is 327 g/mol. The molecule has 2 aromatic rings. The van der Waals surface area contributed by atoms with Crippen molar-refractivity contribution >= 4 is 15.7 Å². The van der Waals surface area contributed by atoms with Crippen molar-refractivity contribution in [1.82, 2.24) is 0 Å². The molecular weight excluding hydrogens is 316 g/mol. The summed E-state index contributed by atoms with van der Waals surface area (Å²) in [6.45, 7) is 1.84. The molecule has 116 valence electrons. The highest BCUT2D eigenvalue weighted by molar-refractivity contribution is 7.92. The van der Waals surface area contributed by atoms with Gasteiger partial charge in [-0.2, -0.15) is 0 Å². The van der Waals surface area contributed by atoms with Crippen molar-refractivity contribution in [3.63, 3.8) is 0 Å². The Morgan fingerprint density at radius 1 is 1.00 bits per heavy atom. The fraction of sp³-hybridized carbons (Fsp3) is 0.143. The third kappa shape index (κ3) is 2.82. The van der Waals surface area contributed by atoms with E-state index in [-0.39, 0.29) is 22.1 Å². The molecule has 0 amide bonds. The molecular formula is C14H11F2NO4S. The fourth-order valence-corrected chi connectivity index (χ4v) is 2.99. The first kappa shape index (κ1) is 14.6. The van der Waals surface area contributed by atoms with Gasteiger partial charge in [0.2, 0.25) is 0 Å². The van der Waals surface area contributed by atoms with Crippen molar-refractivity contribution in [1.29, 1.82) is 0 Å². The zero-order valence-corrected chi connectivity index (χ0v) is 12.2. The van der Waals surface area contributed by atoms with Gasteiger partial charge in [0.05, 0.1) is 10.6 Å². The lowest BCUT2D eigenvalue weighted by molar-refractivity contribution is -0.286. The molecule has 1 aliphatic heterocycles.